The number of phenols is 1. The van der Waals surface area contributed by atoms with E-state index in [4.69, 9.17) is 0 Å². The molecule has 1 aromatic carbocycles. The zero-order valence-corrected chi connectivity index (χ0v) is 15.9. The molecule has 0 bridgehead atoms. The van der Waals surface area contributed by atoms with E-state index in [0.717, 1.165) is 30.6 Å². The van der Waals surface area contributed by atoms with Gasteiger partial charge in [-0.15, -0.1) is 0 Å². The molecule has 3 amide bonds. The van der Waals surface area contributed by atoms with E-state index in [1.165, 1.54) is 0 Å². The summed E-state index contributed by atoms with van der Waals surface area (Å²) in [6.07, 6.45) is 3.43. The van der Waals surface area contributed by atoms with Crippen LogP contribution in [0.2, 0.25) is 0 Å². The number of hydrogen-bond acceptors (Lipinski definition) is 4. The quantitative estimate of drug-likeness (QED) is 0.480. The molecular weight excluding hydrogens is 350 g/mol. The maximum atomic E-state index is 12.5. The molecule has 0 unspecified atom stereocenters. The van der Waals surface area contributed by atoms with Crippen LogP contribution in [-0.2, 0) is 11.3 Å². The molecule has 6 nitrogen and oxygen atoms in total. The van der Waals surface area contributed by atoms with Crippen LogP contribution in [0.4, 0.5) is 4.79 Å². The number of amides is 3. The Kier molecular flexibility index (Phi) is 6.29. The molecular formula is C19H27N3O3S. The van der Waals surface area contributed by atoms with E-state index in [0.29, 0.717) is 24.8 Å². The van der Waals surface area contributed by atoms with Crippen molar-refractivity contribution in [2.75, 3.05) is 12.3 Å². The molecule has 142 valence electrons. The van der Waals surface area contributed by atoms with Crippen LogP contribution < -0.4 is 10.6 Å². The summed E-state index contributed by atoms with van der Waals surface area (Å²) in [6.45, 7) is 3.17. The van der Waals surface area contributed by atoms with Gasteiger partial charge in [-0.1, -0.05) is 18.6 Å². The highest BCUT2D eigenvalue weighted by Crippen LogP contribution is 2.33. The number of nitrogens with zero attached hydrogens (tertiary/aromatic N) is 1. The van der Waals surface area contributed by atoms with Crippen molar-refractivity contribution in [1.82, 2.24) is 15.5 Å². The molecule has 7 heteroatoms. The zero-order chi connectivity index (χ0) is 18.5. The minimum atomic E-state index is -0.0500. The van der Waals surface area contributed by atoms with Gasteiger partial charge < -0.3 is 20.6 Å². The van der Waals surface area contributed by atoms with Crippen LogP contribution in [0.15, 0.2) is 24.3 Å². The van der Waals surface area contributed by atoms with Gasteiger partial charge >= 0.3 is 6.03 Å². The minimum absolute atomic E-state index is 0.0500. The highest BCUT2D eigenvalue weighted by Gasteiger charge is 2.42. The number of thioether (sulfide) groups is 1. The van der Waals surface area contributed by atoms with Gasteiger partial charge in [-0.3, -0.25) is 4.79 Å². The number of rotatable bonds is 8. The fraction of sp³-hybridized carbons (Fsp3) is 0.579. The maximum absolute atomic E-state index is 12.5. The third kappa shape index (κ3) is 4.63. The summed E-state index contributed by atoms with van der Waals surface area (Å²) >= 11 is 1.91. The first-order valence-corrected chi connectivity index (χ1v) is 10.4. The van der Waals surface area contributed by atoms with E-state index in [-0.39, 0.29) is 29.8 Å². The molecule has 0 radical (unpaired) electrons. The molecule has 0 aliphatic carbocycles. The van der Waals surface area contributed by atoms with Crippen molar-refractivity contribution in [3.05, 3.63) is 29.8 Å². The van der Waals surface area contributed by atoms with Gasteiger partial charge in [0.25, 0.3) is 0 Å². The molecule has 0 aromatic heterocycles. The maximum Gasteiger partial charge on any atom is 0.315 e. The lowest BCUT2D eigenvalue weighted by Gasteiger charge is -2.21. The number of fused-ring (bicyclic) bond motifs is 1. The van der Waals surface area contributed by atoms with Crippen LogP contribution in [0.1, 0.15) is 38.2 Å². The molecule has 26 heavy (non-hydrogen) atoms. The molecule has 2 fully saturated rings. The lowest BCUT2D eigenvalue weighted by molar-refractivity contribution is -0.131. The molecule has 0 saturated carbocycles. The van der Waals surface area contributed by atoms with Crippen LogP contribution in [0, 0.1) is 0 Å². The Morgan fingerprint density at radius 3 is 2.96 bits per heavy atom. The van der Waals surface area contributed by atoms with Gasteiger partial charge in [-0.2, -0.15) is 11.8 Å². The Morgan fingerprint density at radius 2 is 2.19 bits per heavy atom. The number of carbonyl (C=O) groups is 2. The third-order valence-corrected chi connectivity index (χ3v) is 6.59. The summed E-state index contributed by atoms with van der Waals surface area (Å²) in [5.74, 6) is 1.36. The van der Waals surface area contributed by atoms with Crippen LogP contribution in [0.5, 0.6) is 5.75 Å². The predicted octanol–water partition coefficient (Wildman–Crippen LogP) is 2.47. The van der Waals surface area contributed by atoms with Crippen molar-refractivity contribution < 1.29 is 14.7 Å². The van der Waals surface area contributed by atoms with Crippen molar-refractivity contribution in [2.45, 2.75) is 56.5 Å². The van der Waals surface area contributed by atoms with E-state index < -0.39 is 0 Å². The van der Waals surface area contributed by atoms with Crippen LogP contribution in [-0.4, -0.2) is 51.6 Å². The zero-order valence-electron chi connectivity index (χ0n) is 15.1. The third-order valence-electron chi connectivity index (χ3n) is 5.09. The summed E-state index contributed by atoms with van der Waals surface area (Å²) in [5.41, 5.74) is 0.943. The monoisotopic (exact) mass is 377 g/mol. The number of benzene rings is 1. The second kappa shape index (κ2) is 8.66. The van der Waals surface area contributed by atoms with Crippen molar-refractivity contribution in [3.8, 4) is 5.75 Å². The Bertz CT molecular complexity index is 655. The van der Waals surface area contributed by atoms with Gasteiger partial charge in [0.2, 0.25) is 5.91 Å². The molecule has 2 aliphatic rings. The van der Waals surface area contributed by atoms with Gasteiger partial charge in [0, 0.05) is 30.5 Å². The lowest BCUT2D eigenvalue weighted by atomic mass is 10.0. The molecule has 2 saturated heterocycles. The molecule has 2 aliphatic heterocycles. The van der Waals surface area contributed by atoms with Gasteiger partial charge in [0.15, 0.2) is 0 Å². The van der Waals surface area contributed by atoms with Crippen molar-refractivity contribution in [3.63, 3.8) is 0 Å². The molecule has 2 heterocycles. The first kappa shape index (κ1) is 18.9. The Morgan fingerprint density at radius 1 is 1.35 bits per heavy atom. The smallest absolute Gasteiger partial charge is 0.315 e. The number of aromatic hydroxyl groups is 1. The van der Waals surface area contributed by atoms with Crippen molar-refractivity contribution >= 4 is 23.7 Å². The van der Waals surface area contributed by atoms with E-state index in [1.807, 2.05) is 29.7 Å². The number of carbonyl (C=O) groups excluding carboxylic acids is 2. The minimum Gasteiger partial charge on any atom is -0.508 e. The fourth-order valence-electron chi connectivity index (χ4n) is 3.67. The average molecular weight is 378 g/mol. The Labute approximate surface area is 158 Å². The number of phenolic OH excluding ortho intramolecular Hbond substituents is 1. The lowest BCUT2D eigenvalue weighted by Crippen LogP contribution is -2.36. The second-order valence-electron chi connectivity index (χ2n) is 6.95. The van der Waals surface area contributed by atoms with Crippen LogP contribution in [0.25, 0.3) is 0 Å². The number of nitrogens with one attached hydrogen (secondary N) is 2. The first-order valence-electron chi connectivity index (χ1n) is 9.31. The molecule has 1 aromatic rings. The molecule has 3 N–H and O–H groups in total. The first-order chi connectivity index (χ1) is 12.6. The van der Waals surface area contributed by atoms with Crippen LogP contribution >= 0.6 is 11.8 Å². The van der Waals surface area contributed by atoms with Gasteiger partial charge in [0.1, 0.15) is 5.75 Å². The number of urea groups is 1. The van der Waals surface area contributed by atoms with E-state index in [9.17, 15) is 14.7 Å². The summed E-state index contributed by atoms with van der Waals surface area (Å²) in [7, 11) is 0. The molecule has 3 atom stereocenters. The highest BCUT2D eigenvalue weighted by molar-refractivity contribution is 8.00. The number of hydrogen-bond donors (Lipinski definition) is 3. The Hall–Kier alpha value is -1.89. The van der Waals surface area contributed by atoms with Gasteiger partial charge in [-0.05, 0) is 37.5 Å². The fourth-order valence-corrected chi connectivity index (χ4v) is 5.22. The second-order valence-corrected chi connectivity index (χ2v) is 8.22. The standard InChI is InChI=1S/C19H27N3O3S/c1-2-22(11-13-6-5-7-14(23)10-13)17(24)9-4-3-8-16-18-15(12-26-16)20-19(25)21-18/h5-7,10,15-16,18,23H,2-4,8-9,11-12H2,1H3,(H2,20,21,25)/t15-,16-,18-/m0/s1. The van der Waals surface area contributed by atoms with Gasteiger partial charge in [-0.25, -0.2) is 4.79 Å². The largest absolute Gasteiger partial charge is 0.508 e. The summed E-state index contributed by atoms with van der Waals surface area (Å²) in [6, 6.07) is 7.51. The SMILES string of the molecule is CCN(Cc1cccc(O)c1)C(=O)CCCC[C@@H]1SC[C@@H]2NC(=O)N[C@@H]21. The topological polar surface area (TPSA) is 81.7 Å². The van der Waals surface area contributed by atoms with E-state index in [2.05, 4.69) is 10.6 Å². The van der Waals surface area contributed by atoms with Crippen molar-refractivity contribution in [1.29, 1.82) is 0 Å². The predicted molar refractivity (Wildman–Crippen MR) is 103 cm³/mol. The molecule has 3 rings (SSSR count). The molecule has 0 spiro atoms. The van der Waals surface area contributed by atoms with E-state index >= 15 is 0 Å². The normalized spacial score (nSPS) is 24.0. The van der Waals surface area contributed by atoms with E-state index in [1.54, 1.807) is 18.2 Å². The average Bonchev–Trinajstić information content (AvgIpc) is 3.16. The number of unbranched alkanes of at least 4 members (excludes halogenated alkanes) is 1. The van der Waals surface area contributed by atoms with Crippen molar-refractivity contribution in [2.24, 2.45) is 0 Å². The summed E-state index contributed by atoms with van der Waals surface area (Å²) in [5, 5.41) is 16.0. The summed E-state index contributed by atoms with van der Waals surface area (Å²) < 4.78 is 0. The highest BCUT2D eigenvalue weighted by atomic mass is 32.2. The van der Waals surface area contributed by atoms with Gasteiger partial charge in [0.05, 0.1) is 12.1 Å². The van der Waals surface area contributed by atoms with Crippen LogP contribution in [0.3, 0.4) is 0 Å². The Balaban J connectivity index is 1.39. The summed E-state index contributed by atoms with van der Waals surface area (Å²) in [4.78, 5) is 25.7.